The number of carbonyl (C=O) groups excluding carboxylic acids is 1. The maximum absolute atomic E-state index is 11.3. The van der Waals surface area contributed by atoms with E-state index in [-0.39, 0.29) is 6.09 Å². The number of hydrogen-bond donors (Lipinski definition) is 0. The Morgan fingerprint density at radius 2 is 1.47 bits per heavy atom. The summed E-state index contributed by atoms with van der Waals surface area (Å²) < 4.78 is 4.73. The van der Waals surface area contributed by atoms with Gasteiger partial charge in [-0.2, -0.15) is 0 Å². The summed E-state index contributed by atoms with van der Waals surface area (Å²) >= 11 is 0. The van der Waals surface area contributed by atoms with Gasteiger partial charge in [-0.1, -0.05) is 0 Å². The van der Waals surface area contributed by atoms with E-state index in [9.17, 15) is 4.79 Å². The molecule has 5 nitrogen and oxygen atoms in total. The molecule has 0 spiro atoms. The van der Waals surface area contributed by atoms with Crippen molar-refractivity contribution in [2.45, 2.75) is 12.8 Å². The molecule has 2 saturated heterocycles. The Bertz CT molecular complexity index is 246. The normalized spacial score (nSPS) is 23.0. The van der Waals surface area contributed by atoms with Crippen molar-refractivity contribution < 1.29 is 9.53 Å². The Labute approximate surface area is 103 Å². The highest BCUT2D eigenvalue weighted by atomic mass is 16.5. The lowest BCUT2D eigenvalue weighted by Gasteiger charge is -2.34. The van der Waals surface area contributed by atoms with Gasteiger partial charge in [0, 0.05) is 39.3 Å². The van der Waals surface area contributed by atoms with Gasteiger partial charge >= 0.3 is 6.09 Å². The van der Waals surface area contributed by atoms with Crippen LogP contribution >= 0.6 is 0 Å². The summed E-state index contributed by atoms with van der Waals surface area (Å²) in [5.41, 5.74) is 0. The number of likely N-dealkylation sites (tertiary alicyclic amines) is 1. The van der Waals surface area contributed by atoms with Crippen LogP contribution in [0.5, 0.6) is 0 Å². The highest BCUT2D eigenvalue weighted by Gasteiger charge is 2.21. The maximum Gasteiger partial charge on any atom is 0.409 e. The number of hydrogen-bond acceptors (Lipinski definition) is 4. The zero-order valence-corrected chi connectivity index (χ0v) is 10.7. The third-order valence-electron chi connectivity index (χ3n) is 3.74. The minimum Gasteiger partial charge on any atom is -0.453 e. The van der Waals surface area contributed by atoms with Crippen LogP contribution in [0.4, 0.5) is 4.79 Å². The van der Waals surface area contributed by atoms with Crippen LogP contribution < -0.4 is 0 Å². The van der Waals surface area contributed by atoms with E-state index in [0.29, 0.717) is 0 Å². The van der Waals surface area contributed by atoms with Crippen molar-refractivity contribution in [3.8, 4) is 0 Å². The fraction of sp³-hybridized carbons (Fsp3) is 0.917. The monoisotopic (exact) mass is 241 g/mol. The quantitative estimate of drug-likeness (QED) is 0.719. The van der Waals surface area contributed by atoms with Gasteiger partial charge < -0.3 is 14.5 Å². The summed E-state index contributed by atoms with van der Waals surface area (Å²) in [6, 6.07) is 0. The Morgan fingerprint density at radius 1 is 0.941 bits per heavy atom. The lowest BCUT2D eigenvalue weighted by molar-refractivity contribution is 0.0879. The highest BCUT2D eigenvalue weighted by Crippen LogP contribution is 2.08. The summed E-state index contributed by atoms with van der Waals surface area (Å²) in [4.78, 5) is 18.1. The van der Waals surface area contributed by atoms with Gasteiger partial charge in [0.25, 0.3) is 0 Å². The van der Waals surface area contributed by atoms with Gasteiger partial charge in [0.2, 0.25) is 0 Å². The second-order valence-electron chi connectivity index (χ2n) is 4.85. The van der Waals surface area contributed by atoms with Crippen molar-refractivity contribution in [1.82, 2.24) is 14.7 Å². The summed E-state index contributed by atoms with van der Waals surface area (Å²) in [7, 11) is 1.45. The Kier molecular flexibility index (Phi) is 4.62. The van der Waals surface area contributed by atoms with Gasteiger partial charge in [-0.3, -0.25) is 4.90 Å². The molecular formula is C12H23N3O2. The molecule has 0 aromatic carbocycles. The molecule has 5 heteroatoms. The van der Waals surface area contributed by atoms with E-state index in [2.05, 4.69) is 9.80 Å². The van der Waals surface area contributed by atoms with Crippen LogP contribution in [-0.2, 0) is 4.74 Å². The number of amides is 1. The number of ether oxygens (including phenoxy) is 1. The Balaban J connectivity index is 1.63. The first-order valence-corrected chi connectivity index (χ1v) is 6.57. The van der Waals surface area contributed by atoms with E-state index in [1.54, 1.807) is 4.90 Å². The van der Waals surface area contributed by atoms with Gasteiger partial charge in [-0.25, -0.2) is 4.79 Å². The molecule has 0 aromatic heterocycles. The average Bonchev–Trinajstić information content (AvgIpc) is 2.89. The largest absolute Gasteiger partial charge is 0.453 e. The first kappa shape index (κ1) is 12.6. The predicted octanol–water partition coefficient (Wildman–Crippen LogP) is 0.466. The highest BCUT2D eigenvalue weighted by molar-refractivity contribution is 5.67. The zero-order valence-electron chi connectivity index (χ0n) is 10.7. The molecule has 17 heavy (non-hydrogen) atoms. The summed E-state index contributed by atoms with van der Waals surface area (Å²) in [6.07, 6.45) is 2.52. The first-order chi connectivity index (χ1) is 8.29. The molecule has 2 rings (SSSR count). The fourth-order valence-corrected chi connectivity index (χ4v) is 2.57. The molecular weight excluding hydrogens is 218 g/mol. The van der Waals surface area contributed by atoms with E-state index in [4.69, 9.17) is 4.74 Å². The van der Waals surface area contributed by atoms with Crippen LogP contribution in [0.3, 0.4) is 0 Å². The van der Waals surface area contributed by atoms with Crippen LogP contribution in [0, 0.1) is 0 Å². The molecule has 2 aliphatic rings. The summed E-state index contributed by atoms with van der Waals surface area (Å²) in [6.45, 7) is 8.39. The molecule has 0 unspecified atom stereocenters. The zero-order chi connectivity index (χ0) is 12.1. The molecule has 0 atom stereocenters. The number of nitrogens with zero attached hydrogens (tertiary/aromatic N) is 3. The molecule has 0 bridgehead atoms. The third kappa shape index (κ3) is 3.57. The Hall–Kier alpha value is -0.810. The Morgan fingerprint density at radius 3 is 2.00 bits per heavy atom. The second-order valence-corrected chi connectivity index (χ2v) is 4.85. The van der Waals surface area contributed by atoms with Gasteiger partial charge in [-0.15, -0.1) is 0 Å². The molecule has 0 N–H and O–H groups in total. The van der Waals surface area contributed by atoms with E-state index in [1.807, 2.05) is 0 Å². The van der Waals surface area contributed by atoms with E-state index >= 15 is 0 Å². The molecule has 0 aromatic rings. The summed E-state index contributed by atoms with van der Waals surface area (Å²) in [5.74, 6) is 0. The van der Waals surface area contributed by atoms with Crippen molar-refractivity contribution in [3.63, 3.8) is 0 Å². The minimum absolute atomic E-state index is 0.191. The number of carbonyl (C=O) groups is 1. The number of rotatable bonds is 3. The van der Waals surface area contributed by atoms with Crippen molar-refractivity contribution in [2.75, 3.05) is 59.5 Å². The van der Waals surface area contributed by atoms with Crippen molar-refractivity contribution in [3.05, 3.63) is 0 Å². The van der Waals surface area contributed by atoms with Gasteiger partial charge in [0.05, 0.1) is 7.11 Å². The van der Waals surface area contributed by atoms with Crippen LogP contribution in [-0.4, -0.2) is 80.3 Å². The topological polar surface area (TPSA) is 36.0 Å². The van der Waals surface area contributed by atoms with Crippen molar-refractivity contribution in [2.24, 2.45) is 0 Å². The third-order valence-corrected chi connectivity index (χ3v) is 3.74. The first-order valence-electron chi connectivity index (χ1n) is 6.57. The minimum atomic E-state index is -0.191. The average molecular weight is 241 g/mol. The van der Waals surface area contributed by atoms with Crippen LogP contribution in [0.25, 0.3) is 0 Å². The smallest absolute Gasteiger partial charge is 0.409 e. The van der Waals surface area contributed by atoms with Gasteiger partial charge in [-0.05, 0) is 25.9 Å². The molecule has 98 valence electrons. The molecule has 0 radical (unpaired) electrons. The maximum atomic E-state index is 11.3. The van der Waals surface area contributed by atoms with E-state index in [0.717, 1.165) is 32.7 Å². The fourth-order valence-electron chi connectivity index (χ4n) is 2.57. The standard InChI is InChI=1S/C12H23N3O2/c1-17-12(16)15-10-8-14(9-11-15)7-6-13-4-2-3-5-13/h2-11H2,1H3. The molecule has 2 aliphatic heterocycles. The molecule has 2 fully saturated rings. The molecule has 0 aliphatic carbocycles. The van der Waals surface area contributed by atoms with Crippen LogP contribution in [0.1, 0.15) is 12.8 Å². The SMILES string of the molecule is COC(=O)N1CCN(CCN2CCCC2)CC1. The number of piperazine rings is 1. The lowest BCUT2D eigenvalue weighted by atomic mass is 10.3. The van der Waals surface area contributed by atoms with Crippen molar-refractivity contribution in [1.29, 1.82) is 0 Å². The predicted molar refractivity (Wildman–Crippen MR) is 66.1 cm³/mol. The second kappa shape index (κ2) is 6.21. The van der Waals surface area contributed by atoms with Crippen molar-refractivity contribution >= 4 is 6.09 Å². The van der Waals surface area contributed by atoms with Gasteiger partial charge in [0.1, 0.15) is 0 Å². The summed E-state index contributed by atoms with van der Waals surface area (Å²) in [5, 5.41) is 0. The van der Waals surface area contributed by atoms with Crippen LogP contribution in [0.2, 0.25) is 0 Å². The molecule has 0 saturated carbocycles. The van der Waals surface area contributed by atoms with E-state index in [1.165, 1.54) is 39.6 Å². The van der Waals surface area contributed by atoms with Gasteiger partial charge in [0.15, 0.2) is 0 Å². The van der Waals surface area contributed by atoms with E-state index < -0.39 is 0 Å². The molecule has 2 heterocycles. The number of methoxy groups -OCH3 is 1. The molecule has 1 amide bonds. The van der Waals surface area contributed by atoms with Crippen LogP contribution in [0.15, 0.2) is 0 Å². The lowest BCUT2D eigenvalue weighted by Crippen LogP contribution is -2.50.